The number of hydrogen-bond donors (Lipinski definition) is 2. The fraction of sp³-hybridized carbons (Fsp3) is 0.500. The lowest BCUT2D eigenvalue weighted by Crippen LogP contribution is -2.50. The van der Waals surface area contributed by atoms with Crippen LogP contribution in [0.15, 0.2) is 28.4 Å². The highest BCUT2D eigenvalue weighted by molar-refractivity contribution is 7.99. The molecular formula is C18H22Cl2N6OS. The monoisotopic (exact) mass is 440 g/mol. The molecule has 150 valence electrons. The number of rotatable bonds is 3. The third kappa shape index (κ3) is 3.64. The van der Waals surface area contributed by atoms with Crippen molar-refractivity contribution in [1.29, 1.82) is 0 Å². The Bertz CT molecular complexity index is 877. The van der Waals surface area contributed by atoms with Crippen molar-refractivity contribution < 1.29 is 4.74 Å². The third-order valence-electron chi connectivity index (χ3n) is 5.69. The molecule has 2 atom stereocenters. The van der Waals surface area contributed by atoms with E-state index in [4.69, 9.17) is 39.4 Å². The average molecular weight is 441 g/mol. The van der Waals surface area contributed by atoms with E-state index in [1.165, 1.54) is 11.8 Å². The lowest BCUT2D eigenvalue weighted by atomic mass is 9.73. The molecule has 4 N–H and O–H groups in total. The Kier molecular flexibility index (Phi) is 5.59. The van der Waals surface area contributed by atoms with Crippen LogP contribution in [0.4, 0.5) is 11.6 Å². The lowest BCUT2D eigenvalue weighted by Gasteiger charge is -2.41. The molecule has 7 nitrogen and oxygen atoms in total. The highest BCUT2D eigenvalue weighted by atomic mass is 35.5. The molecule has 0 bridgehead atoms. The topological polar surface area (TPSA) is 103 Å². The van der Waals surface area contributed by atoms with E-state index >= 15 is 0 Å². The normalized spacial score (nSPS) is 24.1. The summed E-state index contributed by atoms with van der Waals surface area (Å²) in [5.41, 5.74) is 12.2. The van der Waals surface area contributed by atoms with Crippen LogP contribution in [0, 0.1) is 5.41 Å². The van der Waals surface area contributed by atoms with Crippen LogP contribution in [-0.4, -0.2) is 46.8 Å². The summed E-state index contributed by atoms with van der Waals surface area (Å²) in [5, 5.41) is 1.43. The van der Waals surface area contributed by atoms with Crippen molar-refractivity contribution in [2.45, 2.75) is 41.8 Å². The van der Waals surface area contributed by atoms with Gasteiger partial charge in [0.1, 0.15) is 10.8 Å². The largest absolute Gasteiger partial charge is 0.382 e. The van der Waals surface area contributed by atoms with Gasteiger partial charge in [0.15, 0.2) is 11.0 Å². The maximum absolute atomic E-state index is 6.46. The molecule has 0 saturated carbocycles. The summed E-state index contributed by atoms with van der Waals surface area (Å²) in [7, 11) is 0. The Hall–Kier alpha value is -1.32. The first-order valence-electron chi connectivity index (χ1n) is 9.12. The van der Waals surface area contributed by atoms with E-state index in [1.54, 1.807) is 18.5 Å². The Morgan fingerprint density at radius 2 is 2.04 bits per heavy atom. The van der Waals surface area contributed by atoms with Gasteiger partial charge in [-0.25, -0.2) is 15.0 Å². The zero-order chi connectivity index (χ0) is 19.9. The predicted octanol–water partition coefficient (Wildman–Crippen LogP) is 3.24. The van der Waals surface area contributed by atoms with E-state index in [0.29, 0.717) is 21.0 Å². The Balaban J connectivity index is 1.46. The quantitative estimate of drug-likeness (QED) is 0.749. The molecule has 4 rings (SSSR count). The molecule has 10 heteroatoms. The van der Waals surface area contributed by atoms with E-state index in [2.05, 4.69) is 19.9 Å². The van der Waals surface area contributed by atoms with Gasteiger partial charge in [-0.1, -0.05) is 35.0 Å². The molecule has 28 heavy (non-hydrogen) atoms. The number of piperidine rings is 1. The summed E-state index contributed by atoms with van der Waals surface area (Å²) < 4.78 is 5.79. The minimum absolute atomic E-state index is 0.0592. The van der Waals surface area contributed by atoms with Crippen LogP contribution in [0.2, 0.25) is 10.2 Å². The number of nitrogen functional groups attached to an aromatic ring is 1. The summed E-state index contributed by atoms with van der Waals surface area (Å²) in [6.07, 6.45) is 5.34. The Morgan fingerprint density at radius 1 is 1.29 bits per heavy atom. The summed E-state index contributed by atoms with van der Waals surface area (Å²) in [6, 6.07) is 1.86. The molecule has 0 amide bonds. The highest BCUT2D eigenvalue weighted by Gasteiger charge is 2.47. The molecule has 2 aliphatic heterocycles. The van der Waals surface area contributed by atoms with Crippen LogP contribution < -0.4 is 16.4 Å². The summed E-state index contributed by atoms with van der Waals surface area (Å²) >= 11 is 14.0. The zero-order valence-corrected chi connectivity index (χ0v) is 17.8. The molecular weight excluding hydrogens is 419 g/mol. The first-order valence-corrected chi connectivity index (χ1v) is 10.7. The van der Waals surface area contributed by atoms with Crippen LogP contribution >= 0.6 is 35.0 Å². The average Bonchev–Trinajstić information content (AvgIpc) is 2.95. The molecule has 2 fully saturated rings. The molecule has 1 spiro atoms. The maximum Gasteiger partial charge on any atom is 0.172 e. The number of pyridine rings is 1. The predicted molar refractivity (Wildman–Crippen MR) is 112 cm³/mol. The van der Waals surface area contributed by atoms with Gasteiger partial charge in [0.05, 0.1) is 23.9 Å². The van der Waals surface area contributed by atoms with Crippen molar-refractivity contribution in [3.05, 3.63) is 28.6 Å². The standard InChI is InChI=1S/C18H22Cl2N6OS/c1-10-14(21)18(9-27-10)3-6-26(7-4-18)17-15(20)25-12(8-24-17)28-11-2-5-23-16(22)13(11)19/h2,5,8,10,14H,3-4,6-7,9,21H2,1H3,(H2,22,23)/t10-,14+/m0/s1. The minimum Gasteiger partial charge on any atom is -0.382 e. The van der Waals surface area contributed by atoms with Gasteiger partial charge in [-0.05, 0) is 25.8 Å². The number of aromatic nitrogens is 3. The fourth-order valence-electron chi connectivity index (χ4n) is 3.88. The van der Waals surface area contributed by atoms with Gasteiger partial charge in [0.2, 0.25) is 0 Å². The minimum atomic E-state index is 0.0592. The second-order valence-electron chi connectivity index (χ2n) is 7.32. The number of ether oxygens (including phenoxy) is 1. The molecule has 4 heterocycles. The van der Waals surface area contributed by atoms with E-state index < -0.39 is 0 Å². The second kappa shape index (κ2) is 7.84. The van der Waals surface area contributed by atoms with Gasteiger partial charge in [-0.15, -0.1) is 0 Å². The van der Waals surface area contributed by atoms with Crippen molar-refractivity contribution in [1.82, 2.24) is 15.0 Å². The smallest absolute Gasteiger partial charge is 0.172 e. The molecule has 0 radical (unpaired) electrons. The molecule has 0 aromatic carbocycles. The molecule has 0 unspecified atom stereocenters. The third-order valence-corrected chi connectivity index (χ3v) is 7.42. The number of hydrogen-bond acceptors (Lipinski definition) is 8. The van der Waals surface area contributed by atoms with Crippen LogP contribution in [0.5, 0.6) is 0 Å². The van der Waals surface area contributed by atoms with Crippen LogP contribution in [0.3, 0.4) is 0 Å². The van der Waals surface area contributed by atoms with Gasteiger partial charge in [-0.2, -0.15) is 0 Å². The van der Waals surface area contributed by atoms with Gasteiger partial charge in [0.25, 0.3) is 0 Å². The molecule has 2 saturated heterocycles. The van der Waals surface area contributed by atoms with Crippen molar-refractivity contribution in [3.63, 3.8) is 0 Å². The van der Waals surface area contributed by atoms with E-state index in [1.807, 2.05) is 6.92 Å². The van der Waals surface area contributed by atoms with E-state index in [-0.39, 0.29) is 23.4 Å². The van der Waals surface area contributed by atoms with Gasteiger partial charge in [-0.3, -0.25) is 0 Å². The number of nitrogens with two attached hydrogens (primary N) is 2. The first-order chi connectivity index (χ1) is 13.4. The summed E-state index contributed by atoms with van der Waals surface area (Å²) in [6.45, 7) is 4.44. The fourth-order valence-corrected chi connectivity index (χ4v) is 5.20. The molecule has 2 aliphatic rings. The van der Waals surface area contributed by atoms with E-state index in [0.717, 1.165) is 37.4 Å². The Morgan fingerprint density at radius 3 is 2.68 bits per heavy atom. The Labute approximate surface area is 178 Å². The maximum atomic E-state index is 6.46. The molecule has 0 aliphatic carbocycles. The van der Waals surface area contributed by atoms with Gasteiger partial charge < -0.3 is 21.1 Å². The highest BCUT2D eigenvalue weighted by Crippen LogP contribution is 2.42. The number of anilines is 2. The van der Waals surface area contributed by atoms with Crippen molar-refractivity contribution in [2.24, 2.45) is 11.1 Å². The van der Waals surface area contributed by atoms with Crippen LogP contribution in [0.1, 0.15) is 19.8 Å². The lowest BCUT2D eigenvalue weighted by molar-refractivity contribution is 0.0974. The number of nitrogens with zero attached hydrogens (tertiary/aromatic N) is 4. The molecule has 2 aromatic rings. The van der Waals surface area contributed by atoms with Crippen molar-refractivity contribution in [2.75, 3.05) is 30.3 Å². The molecule has 2 aromatic heterocycles. The van der Waals surface area contributed by atoms with Crippen molar-refractivity contribution >= 4 is 46.6 Å². The zero-order valence-electron chi connectivity index (χ0n) is 15.4. The van der Waals surface area contributed by atoms with Crippen LogP contribution in [-0.2, 0) is 4.74 Å². The van der Waals surface area contributed by atoms with Crippen LogP contribution in [0.25, 0.3) is 0 Å². The summed E-state index contributed by atoms with van der Waals surface area (Å²) in [5.74, 6) is 0.981. The van der Waals surface area contributed by atoms with E-state index in [9.17, 15) is 0 Å². The van der Waals surface area contributed by atoms with Crippen molar-refractivity contribution in [3.8, 4) is 0 Å². The second-order valence-corrected chi connectivity index (χ2v) is 9.12. The van der Waals surface area contributed by atoms with Gasteiger partial charge in [0, 0.05) is 35.6 Å². The first kappa shape index (κ1) is 20.0. The SMILES string of the molecule is C[C@@H]1OCC2(CCN(c3ncc(Sc4ccnc(N)c4Cl)nc3Cl)CC2)[C@@H]1N. The van der Waals surface area contributed by atoms with Gasteiger partial charge >= 0.3 is 0 Å². The summed E-state index contributed by atoms with van der Waals surface area (Å²) in [4.78, 5) is 15.9. The number of halogens is 2.